The van der Waals surface area contributed by atoms with Crippen LogP contribution in [-0.2, 0) is 14.3 Å². The molecule has 0 spiro atoms. The normalized spacial score (nSPS) is 13.9. The van der Waals surface area contributed by atoms with Crippen molar-refractivity contribution in [1.29, 1.82) is 0 Å². The average molecular weight is 184 g/mol. The molecular weight excluding hydrogens is 172 g/mol. The van der Waals surface area contributed by atoms with Crippen LogP contribution in [0.25, 0.3) is 0 Å². The number of ether oxygens (including phenoxy) is 1. The minimum absolute atomic E-state index is 0.221. The molecule has 0 fully saturated rings. The van der Waals surface area contributed by atoms with Gasteiger partial charge in [-0.15, -0.1) is 6.42 Å². The molecule has 0 heterocycles. The van der Waals surface area contributed by atoms with Crippen LogP contribution in [0.1, 0.15) is 20.3 Å². The van der Waals surface area contributed by atoms with Crippen molar-refractivity contribution in [3.63, 3.8) is 0 Å². The van der Waals surface area contributed by atoms with Crippen molar-refractivity contribution in [2.75, 3.05) is 6.61 Å². The number of terminal acetylenes is 1. The zero-order valence-electron chi connectivity index (χ0n) is 7.66. The summed E-state index contributed by atoms with van der Waals surface area (Å²) in [5, 5.41) is 8.70. The fraction of sp³-hybridized carbons (Fsp3) is 0.556. The molecule has 4 nitrogen and oxygen atoms in total. The van der Waals surface area contributed by atoms with Crippen molar-refractivity contribution in [1.82, 2.24) is 0 Å². The Labute approximate surface area is 76.9 Å². The van der Waals surface area contributed by atoms with Gasteiger partial charge < -0.3 is 9.84 Å². The number of rotatable bonds is 4. The van der Waals surface area contributed by atoms with E-state index in [4.69, 9.17) is 11.5 Å². The summed E-state index contributed by atoms with van der Waals surface area (Å²) in [7, 11) is 0. The van der Waals surface area contributed by atoms with E-state index in [-0.39, 0.29) is 13.0 Å². The fourth-order valence-corrected chi connectivity index (χ4v) is 0.689. The number of carbonyl (C=O) groups is 2. The van der Waals surface area contributed by atoms with E-state index in [1.54, 1.807) is 6.92 Å². The molecule has 0 saturated carbocycles. The largest absolute Gasteiger partial charge is 0.480 e. The third-order valence-electron chi connectivity index (χ3n) is 1.59. The number of esters is 1. The molecule has 4 heteroatoms. The van der Waals surface area contributed by atoms with E-state index in [1.165, 1.54) is 6.92 Å². The van der Waals surface area contributed by atoms with E-state index in [1.807, 2.05) is 0 Å². The van der Waals surface area contributed by atoms with E-state index in [0.717, 1.165) is 0 Å². The quantitative estimate of drug-likeness (QED) is 0.515. The highest BCUT2D eigenvalue weighted by Crippen LogP contribution is 2.20. The van der Waals surface area contributed by atoms with Crippen LogP contribution in [0.5, 0.6) is 0 Å². The molecule has 1 unspecified atom stereocenters. The highest BCUT2D eigenvalue weighted by Gasteiger charge is 2.34. The van der Waals surface area contributed by atoms with Crippen molar-refractivity contribution in [2.24, 2.45) is 5.41 Å². The Morgan fingerprint density at radius 2 is 2.15 bits per heavy atom. The topological polar surface area (TPSA) is 63.6 Å². The van der Waals surface area contributed by atoms with E-state index in [9.17, 15) is 9.59 Å². The van der Waals surface area contributed by atoms with E-state index in [2.05, 4.69) is 10.7 Å². The molecule has 0 radical (unpaired) electrons. The first-order valence-electron chi connectivity index (χ1n) is 3.83. The lowest BCUT2D eigenvalue weighted by atomic mass is 9.88. The van der Waals surface area contributed by atoms with Crippen molar-refractivity contribution >= 4 is 11.9 Å². The summed E-state index contributed by atoms with van der Waals surface area (Å²) in [5.41, 5.74) is -1.47. The Morgan fingerprint density at radius 1 is 1.62 bits per heavy atom. The SMILES string of the molecule is C#CC(C)(CC(=O)OCC)C(=O)O. The third-order valence-corrected chi connectivity index (χ3v) is 1.59. The van der Waals surface area contributed by atoms with Gasteiger partial charge in [0.05, 0.1) is 13.0 Å². The lowest BCUT2D eigenvalue weighted by molar-refractivity contribution is -0.153. The number of aliphatic carboxylic acids is 1. The molecule has 0 bridgehead atoms. The Kier molecular flexibility index (Phi) is 3.99. The summed E-state index contributed by atoms with van der Waals surface area (Å²) in [4.78, 5) is 21.6. The summed E-state index contributed by atoms with van der Waals surface area (Å²) < 4.78 is 4.59. The first kappa shape index (κ1) is 11.5. The van der Waals surface area contributed by atoms with Gasteiger partial charge in [0, 0.05) is 0 Å². The molecule has 72 valence electrons. The predicted octanol–water partition coefficient (Wildman–Crippen LogP) is 0.664. The van der Waals surface area contributed by atoms with Gasteiger partial charge in [-0.2, -0.15) is 0 Å². The molecule has 0 rings (SSSR count). The summed E-state index contributed by atoms with van der Waals surface area (Å²) in [6, 6.07) is 0. The molecule has 0 aliphatic rings. The maximum absolute atomic E-state index is 10.9. The van der Waals surface area contributed by atoms with Crippen LogP contribution in [0.3, 0.4) is 0 Å². The summed E-state index contributed by atoms with van der Waals surface area (Å²) in [5.74, 6) is 0.283. The highest BCUT2D eigenvalue weighted by molar-refractivity contribution is 5.84. The Balaban J connectivity index is 4.39. The van der Waals surface area contributed by atoms with E-state index in [0.29, 0.717) is 0 Å². The van der Waals surface area contributed by atoms with Crippen LogP contribution in [0.2, 0.25) is 0 Å². The molecule has 13 heavy (non-hydrogen) atoms. The molecule has 0 aliphatic heterocycles. The molecule has 1 N–H and O–H groups in total. The molecule has 0 aromatic rings. The summed E-state index contributed by atoms with van der Waals surface area (Å²) >= 11 is 0. The van der Waals surface area contributed by atoms with Gasteiger partial charge in [0.1, 0.15) is 5.41 Å². The molecule has 0 aromatic heterocycles. The summed E-state index contributed by atoms with van der Waals surface area (Å²) in [6.07, 6.45) is 4.71. The zero-order valence-corrected chi connectivity index (χ0v) is 7.66. The van der Waals surface area contributed by atoms with Crippen molar-refractivity contribution < 1.29 is 19.4 Å². The van der Waals surface area contributed by atoms with Crippen LogP contribution in [0.15, 0.2) is 0 Å². The minimum atomic E-state index is -1.47. The second-order valence-corrected chi connectivity index (χ2v) is 2.76. The molecule has 0 saturated heterocycles. The van der Waals surface area contributed by atoms with Gasteiger partial charge in [0.25, 0.3) is 0 Å². The van der Waals surface area contributed by atoms with Crippen molar-refractivity contribution in [2.45, 2.75) is 20.3 Å². The third kappa shape index (κ3) is 3.16. The second kappa shape index (κ2) is 4.51. The maximum Gasteiger partial charge on any atom is 0.322 e. The van der Waals surface area contributed by atoms with Crippen LogP contribution >= 0.6 is 0 Å². The van der Waals surface area contributed by atoms with Crippen molar-refractivity contribution in [3.05, 3.63) is 0 Å². The molecule has 0 aromatic carbocycles. The monoisotopic (exact) mass is 184 g/mol. The number of hydrogen-bond donors (Lipinski definition) is 1. The number of carboxylic acids is 1. The van der Waals surface area contributed by atoms with Crippen LogP contribution in [-0.4, -0.2) is 23.7 Å². The van der Waals surface area contributed by atoms with Gasteiger partial charge >= 0.3 is 11.9 Å². The predicted molar refractivity (Wildman–Crippen MR) is 45.8 cm³/mol. The van der Waals surface area contributed by atoms with Crippen molar-refractivity contribution in [3.8, 4) is 12.3 Å². The lowest BCUT2D eigenvalue weighted by Gasteiger charge is -2.16. The smallest absolute Gasteiger partial charge is 0.322 e. The van der Waals surface area contributed by atoms with Gasteiger partial charge in [0.2, 0.25) is 0 Å². The Hall–Kier alpha value is -1.50. The van der Waals surface area contributed by atoms with E-state index < -0.39 is 17.4 Å². The fourth-order valence-electron chi connectivity index (χ4n) is 0.689. The summed E-state index contributed by atoms with van der Waals surface area (Å²) in [6.45, 7) is 3.18. The first-order valence-corrected chi connectivity index (χ1v) is 3.83. The van der Waals surface area contributed by atoms with Gasteiger partial charge in [-0.3, -0.25) is 9.59 Å². The number of carboxylic acid groups (broad SMARTS) is 1. The van der Waals surface area contributed by atoms with Crippen LogP contribution in [0.4, 0.5) is 0 Å². The molecule has 0 amide bonds. The Morgan fingerprint density at radius 3 is 2.46 bits per heavy atom. The highest BCUT2D eigenvalue weighted by atomic mass is 16.5. The van der Waals surface area contributed by atoms with Gasteiger partial charge in [-0.05, 0) is 13.8 Å². The second-order valence-electron chi connectivity index (χ2n) is 2.76. The molecular formula is C9H12O4. The van der Waals surface area contributed by atoms with Gasteiger partial charge in [0.15, 0.2) is 0 Å². The lowest BCUT2D eigenvalue weighted by Crippen LogP contribution is -2.29. The minimum Gasteiger partial charge on any atom is -0.480 e. The van der Waals surface area contributed by atoms with Gasteiger partial charge in [-0.25, -0.2) is 0 Å². The molecule has 1 atom stereocenters. The number of hydrogen-bond acceptors (Lipinski definition) is 3. The maximum atomic E-state index is 10.9. The Bertz CT molecular complexity index is 251. The molecule has 0 aliphatic carbocycles. The van der Waals surface area contributed by atoms with E-state index >= 15 is 0 Å². The van der Waals surface area contributed by atoms with Gasteiger partial charge in [-0.1, -0.05) is 5.92 Å². The van der Waals surface area contributed by atoms with Crippen LogP contribution in [0, 0.1) is 17.8 Å². The van der Waals surface area contributed by atoms with Crippen LogP contribution < -0.4 is 0 Å². The average Bonchev–Trinajstić information content (AvgIpc) is 2.04. The standard InChI is InChI=1S/C9H12O4/c1-4-9(3,8(11)12)6-7(10)13-5-2/h1H,5-6H2,2-3H3,(H,11,12). The zero-order chi connectivity index (χ0) is 10.5. The first-order chi connectivity index (χ1) is 5.96. The number of carbonyl (C=O) groups excluding carboxylic acids is 1.